The second kappa shape index (κ2) is 7.43. The Hall–Kier alpha value is -4.20. The number of anilines is 4. The second-order valence-corrected chi connectivity index (χ2v) is 6.20. The first-order valence-electron chi connectivity index (χ1n) is 8.98. The van der Waals surface area contributed by atoms with Crippen molar-refractivity contribution in [2.24, 2.45) is 0 Å². The lowest BCUT2D eigenvalue weighted by Crippen LogP contribution is -2.02. The fourth-order valence-corrected chi connectivity index (χ4v) is 2.94. The van der Waals surface area contributed by atoms with E-state index in [2.05, 4.69) is 30.6 Å². The second-order valence-electron chi connectivity index (χ2n) is 6.20. The highest BCUT2D eigenvalue weighted by atomic mass is 16.7. The molecular weight excluding hydrogens is 368 g/mol. The molecule has 8 nitrogen and oxygen atoms in total. The first-order valence-corrected chi connectivity index (χ1v) is 8.98. The number of pyridine rings is 2. The Bertz CT molecular complexity index is 1150. The van der Waals surface area contributed by atoms with Gasteiger partial charge in [-0.3, -0.25) is 9.97 Å². The van der Waals surface area contributed by atoms with Gasteiger partial charge in [0.25, 0.3) is 0 Å². The molecule has 0 aliphatic carbocycles. The van der Waals surface area contributed by atoms with E-state index in [-0.39, 0.29) is 6.79 Å². The van der Waals surface area contributed by atoms with Crippen molar-refractivity contribution >= 4 is 23.1 Å². The van der Waals surface area contributed by atoms with Gasteiger partial charge in [-0.05, 0) is 42.5 Å². The average Bonchev–Trinajstić information content (AvgIpc) is 3.23. The van der Waals surface area contributed by atoms with E-state index in [0.29, 0.717) is 17.5 Å². The molecule has 0 saturated carbocycles. The molecule has 0 spiro atoms. The minimum Gasteiger partial charge on any atom is -0.454 e. The molecule has 0 saturated heterocycles. The standard InChI is InChI=1S/C21H16N6O2/c1-2-9-22-15(4-1)20-16(5-3-10-23-20)26-19-8-11-24-21(27-19)25-14-6-7-17-18(12-14)29-13-28-17/h1-12H,13H2,(H2,24,25,26,27). The first kappa shape index (κ1) is 16.9. The fourth-order valence-electron chi connectivity index (χ4n) is 2.94. The van der Waals surface area contributed by atoms with Gasteiger partial charge in [0.2, 0.25) is 12.7 Å². The van der Waals surface area contributed by atoms with Crippen LogP contribution in [0.25, 0.3) is 11.4 Å². The van der Waals surface area contributed by atoms with Crippen LogP contribution in [0.2, 0.25) is 0 Å². The summed E-state index contributed by atoms with van der Waals surface area (Å²) in [6.07, 6.45) is 5.16. The van der Waals surface area contributed by atoms with Gasteiger partial charge in [0.1, 0.15) is 11.5 Å². The molecule has 2 N–H and O–H groups in total. The summed E-state index contributed by atoms with van der Waals surface area (Å²) in [6.45, 7) is 0.235. The maximum absolute atomic E-state index is 5.41. The number of nitrogens with one attached hydrogen (secondary N) is 2. The van der Waals surface area contributed by atoms with Crippen LogP contribution < -0.4 is 20.1 Å². The van der Waals surface area contributed by atoms with Crippen LogP contribution in [-0.4, -0.2) is 26.7 Å². The molecule has 1 aliphatic heterocycles. The van der Waals surface area contributed by atoms with Gasteiger partial charge in [0.05, 0.1) is 11.4 Å². The minimum absolute atomic E-state index is 0.235. The molecule has 8 heteroatoms. The molecule has 4 aromatic rings. The molecule has 4 heterocycles. The minimum atomic E-state index is 0.235. The van der Waals surface area contributed by atoms with Crippen molar-refractivity contribution in [3.05, 3.63) is 73.2 Å². The normalized spacial score (nSPS) is 11.9. The number of hydrogen-bond donors (Lipinski definition) is 2. The smallest absolute Gasteiger partial charge is 0.231 e. The van der Waals surface area contributed by atoms with Crippen molar-refractivity contribution in [3.63, 3.8) is 0 Å². The molecule has 0 amide bonds. The Kier molecular flexibility index (Phi) is 4.34. The number of ether oxygens (including phenoxy) is 2. The van der Waals surface area contributed by atoms with Gasteiger partial charge in [-0.25, -0.2) is 4.98 Å². The zero-order valence-electron chi connectivity index (χ0n) is 15.2. The lowest BCUT2D eigenvalue weighted by Gasteiger charge is -2.11. The summed E-state index contributed by atoms with van der Waals surface area (Å²) in [5, 5.41) is 6.48. The van der Waals surface area contributed by atoms with E-state index in [9.17, 15) is 0 Å². The van der Waals surface area contributed by atoms with Crippen LogP contribution in [0.5, 0.6) is 11.5 Å². The molecule has 0 unspecified atom stereocenters. The zero-order chi connectivity index (χ0) is 19.5. The molecule has 0 bridgehead atoms. The number of rotatable bonds is 5. The number of fused-ring (bicyclic) bond motifs is 1. The van der Waals surface area contributed by atoms with Gasteiger partial charge in [0, 0.05) is 30.3 Å². The third-order valence-corrected chi connectivity index (χ3v) is 4.26. The monoisotopic (exact) mass is 384 g/mol. The molecule has 1 aliphatic rings. The number of hydrogen-bond acceptors (Lipinski definition) is 8. The molecule has 5 rings (SSSR count). The highest BCUT2D eigenvalue weighted by Gasteiger charge is 2.14. The Balaban J connectivity index is 1.39. The van der Waals surface area contributed by atoms with Crippen molar-refractivity contribution in [2.75, 3.05) is 17.4 Å². The average molecular weight is 384 g/mol. The van der Waals surface area contributed by atoms with E-state index in [4.69, 9.17) is 9.47 Å². The summed E-state index contributed by atoms with van der Waals surface area (Å²) in [7, 11) is 0. The van der Waals surface area contributed by atoms with E-state index in [1.54, 1.807) is 24.7 Å². The largest absolute Gasteiger partial charge is 0.454 e. The highest BCUT2D eigenvalue weighted by Crippen LogP contribution is 2.35. The molecule has 29 heavy (non-hydrogen) atoms. The van der Waals surface area contributed by atoms with Gasteiger partial charge in [-0.15, -0.1) is 0 Å². The fraction of sp³-hybridized carbons (Fsp3) is 0.0476. The molecule has 1 aromatic carbocycles. The van der Waals surface area contributed by atoms with Crippen molar-refractivity contribution < 1.29 is 9.47 Å². The number of aromatic nitrogens is 4. The van der Waals surface area contributed by atoms with E-state index in [0.717, 1.165) is 28.5 Å². The maximum atomic E-state index is 5.41. The van der Waals surface area contributed by atoms with Gasteiger partial charge in [0.15, 0.2) is 11.5 Å². The summed E-state index contributed by atoms with van der Waals surface area (Å²) >= 11 is 0. The third-order valence-electron chi connectivity index (χ3n) is 4.26. The van der Waals surface area contributed by atoms with Crippen LogP contribution in [0.1, 0.15) is 0 Å². The molecular formula is C21H16N6O2. The number of nitrogens with zero attached hydrogens (tertiary/aromatic N) is 4. The third kappa shape index (κ3) is 3.63. The van der Waals surface area contributed by atoms with Crippen LogP contribution in [-0.2, 0) is 0 Å². The van der Waals surface area contributed by atoms with Gasteiger partial charge in [-0.1, -0.05) is 6.07 Å². The van der Waals surface area contributed by atoms with E-state index in [1.807, 2.05) is 48.5 Å². The van der Waals surface area contributed by atoms with Crippen LogP contribution in [0, 0.1) is 0 Å². The number of benzene rings is 1. The molecule has 142 valence electrons. The summed E-state index contributed by atoms with van der Waals surface area (Å²) in [5.41, 5.74) is 3.14. The Morgan fingerprint density at radius 2 is 1.69 bits per heavy atom. The van der Waals surface area contributed by atoms with Crippen molar-refractivity contribution in [1.29, 1.82) is 0 Å². The summed E-state index contributed by atoms with van der Waals surface area (Å²) < 4.78 is 10.7. The molecule has 0 radical (unpaired) electrons. The van der Waals surface area contributed by atoms with E-state index >= 15 is 0 Å². The van der Waals surface area contributed by atoms with Crippen molar-refractivity contribution in [2.45, 2.75) is 0 Å². The van der Waals surface area contributed by atoms with E-state index < -0.39 is 0 Å². The Morgan fingerprint density at radius 3 is 2.62 bits per heavy atom. The lowest BCUT2D eigenvalue weighted by molar-refractivity contribution is 0.174. The molecule has 3 aromatic heterocycles. The zero-order valence-corrected chi connectivity index (χ0v) is 15.2. The molecule has 0 fully saturated rings. The quantitative estimate of drug-likeness (QED) is 0.530. The van der Waals surface area contributed by atoms with Crippen LogP contribution in [0.3, 0.4) is 0 Å². The lowest BCUT2D eigenvalue weighted by atomic mass is 10.2. The van der Waals surface area contributed by atoms with Crippen LogP contribution in [0.4, 0.5) is 23.1 Å². The van der Waals surface area contributed by atoms with Crippen molar-refractivity contribution in [1.82, 2.24) is 19.9 Å². The predicted octanol–water partition coefficient (Wildman–Crippen LogP) is 4.15. The highest BCUT2D eigenvalue weighted by molar-refractivity contribution is 5.75. The molecule has 0 atom stereocenters. The van der Waals surface area contributed by atoms with Crippen LogP contribution >= 0.6 is 0 Å². The first-order chi connectivity index (χ1) is 14.3. The SMILES string of the molecule is c1ccc(-c2ncccc2Nc2ccnc(Nc3ccc4c(c3)OCO4)n2)nc1. The summed E-state index contributed by atoms with van der Waals surface area (Å²) in [4.78, 5) is 17.7. The van der Waals surface area contributed by atoms with Crippen LogP contribution in [0.15, 0.2) is 73.2 Å². The van der Waals surface area contributed by atoms with E-state index in [1.165, 1.54) is 0 Å². The van der Waals surface area contributed by atoms with Gasteiger partial charge in [-0.2, -0.15) is 4.98 Å². The Labute approximate surface area is 166 Å². The summed E-state index contributed by atoms with van der Waals surface area (Å²) in [5.74, 6) is 2.51. The Morgan fingerprint density at radius 1 is 0.759 bits per heavy atom. The topological polar surface area (TPSA) is 94.1 Å². The maximum Gasteiger partial charge on any atom is 0.231 e. The van der Waals surface area contributed by atoms with Gasteiger partial charge < -0.3 is 20.1 Å². The predicted molar refractivity (Wildman–Crippen MR) is 109 cm³/mol. The van der Waals surface area contributed by atoms with Gasteiger partial charge >= 0.3 is 0 Å². The summed E-state index contributed by atoms with van der Waals surface area (Å²) in [6, 6.07) is 16.9. The van der Waals surface area contributed by atoms with Crippen molar-refractivity contribution in [3.8, 4) is 22.9 Å².